The van der Waals surface area contributed by atoms with Gasteiger partial charge >= 0.3 is 5.97 Å². The van der Waals surface area contributed by atoms with Gasteiger partial charge in [0.15, 0.2) is 0 Å². The minimum absolute atomic E-state index is 0.0775. The summed E-state index contributed by atoms with van der Waals surface area (Å²) >= 11 is 0. The van der Waals surface area contributed by atoms with E-state index in [1.165, 1.54) is 7.11 Å². The van der Waals surface area contributed by atoms with Gasteiger partial charge in [-0.05, 0) is 23.6 Å². The first-order valence-corrected chi connectivity index (χ1v) is 8.46. The number of hydrogen-bond acceptors (Lipinski definition) is 4. The SMILES string of the molecule is COC(=O)CCCCCN1C(=O)c2c(ccc3ccccc23)C1C#N. The molecule has 2 aromatic rings. The predicted octanol–water partition coefficient (Wildman–Crippen LogP) is 3.59. The summed E-state index contributed by atoms with van der Waals surface area (Å²) in [6, 6.07) is 13.3. The van der Waals surface area contributed by atoms with Crippen LogP contribution in [0.5, 0.6) is 0 Å². The van der Waals surface area contributed by atoms with E-state index in [4.69, 9.17) is 0 Å². The molecule has 1 atom stereocenters. The number of ether oxygens (including phenoxy) is 1. The average molecular weight is 336 g/mol. The Morgan fingerprint density at radius 3 is 2.76 bits per heavy atom. The number of unbranched alkanes of at least 4 members (excludes halogenated alkanes) is 2. The Bertz CT molecular complexity index is 854. The van der Waals surface area contributed by atoms with Gasteiger partial charge in [-0.2, -0.15) is 5.26 Å². The van der Waals surface area contributed by atoms with Gasteiger partial charge in [0.2, 0.25) is 0 Å². The van der Waals surface area contributed by atoms with Crippen LogP contribution in [0, 0.1) is 11.3 Å². The maximum Gasteiger partial charge on any atom is 0.305 e. The molecular weight excluding hydrogens is 316 g/mol. The van der Waals surface area contributed by atoms with Crippen molar-refractivity contribution in [2.45, 2.75) is 31.7 Å². The normalized spacial score (nSPS) is 15.9. The topological polar surface area (TPSA) is 70.4 Å². The van der Waals surface area contributed by atoms with Crippen molar-refractivity contribution in [3.05, 3.63) is 47.5 Å². The van der Waals surface area contributed by atoms with Crippen molar-refractivity contribution in [1.29, 1.82) is 5.26 Å². The number of fused-ring (bicyclic) bond motifs is 3. The van der Waals surface area contributed by atoms with Crippen molar-refractivity contribution in [3.8, 4) is 6.07 Å². The zero-order valence-corrected chi connectivity index (χ0v) is 14.2. The second-order valence-corrected chi connectivity index (χ2v) is 6.17. The van der Waals surface area contributed by atoms with Gasteiger partial charge in [-0.15, -0.1) is 0 Å². The molecule has 1 unspecified atom stereocenters. The predicted molar refractivity (Wildman–Crippen MR) is 93.8 cm³/mol. The van der Waals surface area contributed by atoms with Crippen LogP contribution >= 0.6 is 0 Å². The number of amides is 1. The van der Waals surface area contributed by atoms with E-state index in [2.05, 4.69) is 10.8 Å². The number of carbonyl (C=O) groups is 2. The summed E-state index contributed by atoms with van der Waals surface area (Å²) in [4.78, 5) is 25.7. The molecule has 0 saturated heterocycles. The third-order valence-electron chi connectivity index (χ3n) is 4.67. The van der Waals surface area contributed by atoms with E-state index in [-0.39, 0.29) is 11.9 Å². The first-order valence-electron chi connectivity index (χ1n) is 8.46. The lowest BCUT2D eigenvalue weighted by Gasteiger charge is -2.19. The van der Waals surface area contributed by atoms with Crippen LogP contribution in [-0.2, 0) is 9.53 Å². The number of methoxy groups -OCH3 is 1. The first-order chi connectivity index (χ1) is 12.2. The lowest BCUT2D eigenvalue weighted by molar-refractivity contribution is -0.140. The van der Waals surface area contributed by atoms with Crippen molar-refractivity contribution >= 4 is 22.6 Å². The highest BCUT2D eigenvalue weighted by Crippen LogP contribution is 2.37. The van der Waals surface area contributed by atoms with Gasteiger partial charge in [-0.25, -0.2) is 0 Å². The molecule has 0 saturated carbocycles. The largest absolute Gasteiger partial charge is 0.469 e. The molecule has 0 bridgehead atoms. The molecule has 0 aliphatic carbocycles. The summed E-state index contributed by atoms with van der Waals surface area (Å²) < 4.78 is 4.62. The number of nitrogens with zero attached hydrogens (tertiary/aromatic N) is 2. The quantitative estimate of drug-likeness (QED) is 0.597. The molecule has 0 fully saturated rings. The molecule has 0 N–H and O–H groups in total. The van der Waals surface area contributed by atoms with Crippen LogP contribution in [0.2, 0.25) is 0 Å². The van der Waals surface area contributed by atoms with Gasteiger partial charge in [-0.3, -0.25) is 9.59 Å². The second kappa shape index (κ2) is 7.35. The minimum Gasteiger partial charge on any atom is -0.469 e. The molecule has 1 heterocycles. The van der Waals surface area contributed by atoms with Gasteiger partial charge in [-0.1, -0.05) is 42.8 Å². The standard InChI is InChI=1S/C20H20N2O3/c1-25-18(23)9-3-2-6-12-22-17(13-21)16-11-10-14-7-4-5-8-15(14)19(16)20(22)24/h4-5,7-8,10-11,17H,2-3,6,9,12H2,1H3. The second-order valence-electron chi connectivity index (χ2n) is 6.17. The molecule has 0 aromatic heterocycles. The smallest absolute Gasteiger partial charge is 0.305 e. The molecule has 5 heteroatoms. The molecule has 2 aromatic carbocycles. The van der Waals surface area contributed by atoms with Gasteiger partial charge < -0.3 is 9.64 Å². The Kier molecular flexibility index (Phi) is 4.99. The number of rotatable bonds is 6. The summed E-state index contributed by atoms with van der Waals surface area (Å²) in [7, 11) is 1.38. The van der Waals surface area contributed by atoms with E-state index < -0.39 is 6.04 Å². The van der Waals surface area contributed by atoms with E-state index in [1.54, 1.807) is 4.90 Å². The highest BCUT2D eigenvalue weighted by Gasteiger charge is 2.37. The van der Waals surface area contributed by atoms with Crippen LogP contribution in [0.25, 0.3) is 10.8 Å². The molecular formula is C20H20N2O3. The summed E-state index contributed by atoms with van der Waals surface area (Å²) in [5.74, 6) is -0.294. The molecule has 25 heavy (non-hydrogen) atoms. The molecule has 1 aliphatic heterocycles. The molecule has 1 amide bonds. The first kappa shape index (κ1) is 17.0. The number of nitriles is 1. The molecule has 5 nitrogen and oxygen atoms in total. The Morgan fingerprint density at radius 1 is 1.20 bits per heavy atom. The van der Waals surface area contributed by atoms with Crippen molar-refractivity contribution in [3.63, 3.8) is 0 Å². The van der Waals surface area contributed by atoms with E-state index >= 15 is 0 Å². The van der Waals surface area contributed by atoms with E-state index in [0.717, 1.165) is 35.6 Å². The highest BCUT2D eigenvalue weighted by molar-refractivity contribution is 6.11. The molecule has 0 radical (unpaired) electrons. The van der Waals surface area contributed by atoms with Crippen molar-refractivity contribution in [1.82, 2.24) is 4.90 Å². The zero-order chi connectivity index (χ0) is 17.8. The summed E-state index contributed by atoms with van der Waals surface area (Å²) in [6.45, 7) is 0.515. The molecule has 0 spiro atoms. The maximum absolute atomic E-state index is 12.9. The summed E-state index contributed by atoms with van der Waals surface area (Å²) in [5.41, 5.74) is 1.44. The van der Waals surface area contributed by atoms with Gasteiger partial charge in [0.1, 0.15) is 6.04 Å². The van der Waals surface area contributed by atoms with Gasteiger partial charge in [0.05, 0.1) is 18.7 Å². The highest BCUT2D eigenvalue weighted by atomic mass is 16.5. The number of benzene rings is 2. The lowest BCUT2D eigenvalue weighted by Crippen LogP contribution is -2.28. The van der Waals surface area contributed by atoms with Crippen LogP contribution in [-0.4, -0.2) is 30.4 Å². The van der Waals surface area contributed by atoms with Gasteiger partial charge in [0.25, 0.3) is 5.91 Å². The fraction of sp³-hybridized carbons (Fsp3) is 0.350. The average Bonchev–Trinajstić information content (AvgIpc) is 2.92. The fourth-order valence-electron chi connectivity index (χ4n) is 3.38. The number of hydrogen-bond donors (Lipinski definition) is 0. The lowest BCUT2D eigenvalue weighted by atomic mass is 9.98. The Morgan fingerprint density at radius 2 is 2.00 bits per heavy atom. The number of carbonyl (C=O) groups excluding carboxylic acids is 2. The van der Waals surface area contributed by atoms with E-state index in [1.807, 2.05) is 36.4 Å². The fourth-order valence-corrected chi connectivity index (χ4v) is 3.38. The third kappa shape index (κ3) is 3.20. The van der Waals surface area contributed by atoms with Crippen LogP contribution < -0.4 is 0 Å². The zero-order valence-electron chi connectivity index (χ0n) is 14.2. The minimum atomic E-state index is -0.535. The van der Waals surface area contributed by atoms with E-state index in [9.17, 15) is 14.9 Å². The van der Waals surface area contributed by atoms with Gasteiger partial charge in [0, 0.05) is 18.5 Å². The van der Waals surface area contributed by atoms with Crippen LogP contribution in [0.15, 0.2) is 36.4 Å². The Hall–Kier alpha value is -2.87. The van der Waals surface area contributed by atoms with Crippen molar-refractivity contribution in [2.75, 3.05) is 13.7 Å². The Labute approximate surface area is 146 Å². The Balaban J connectivity index is 1.74. The maximum atomic E-state index is 12.9. The number of esters is 1. The molecule has 128 valence electrons. The monoisotopic (exact) mass is 336 g/mol. The molecule has 1 aliphatic rings. The van der Waals surface area contributed by atoms with Crippen LogP contribution in [0.4, 0.5) is 0 Å². The molecule has 3 rings (SSSR count). The third-order valence-corrected chi connectivity index (χ3v) is 4.67. The van der Waals surface area contributed by atoms with Crippen LogP contribution in [0.1, 0.15) is 47.6 Å². The summed E-state index contributed by atoms with van der Waals surface area (Å²) in [5, 5.41) is 11.5. The van der Waals surface area contributed by atoms with Crippen molar-refractivity contribution < 1.29 is 14.3 Å². The van der Waals surface area contributed by atoms with Crippen LogP contribution in [0.3, 0.4) is 0 Å². The summed E-state index contributed by atoms with van der Waals surface area (Å²) in [6.07, 6.45) is 2.68. The van der Waals surface area contributed by atoms with E-state index in [0.29, 0.717) is 18.5 Å². The van der Waals surface area contributed by atoms with Crippen molar-refractivity contribution in [2.24, 2.45) is 0 Å².